The number of hydrogen-bond donors (Lipinski definition) is 1. The number of hydrogen-bond acceptors (Lipinski definition) is 4. The molecule has 0 aliphatic heterocycles. The fourth-order valence-electron chi connectivity index (χ4n) is 1.01. The van der Waals surface area contributed by atoms with E-state index in [0.717, 1.165) is 4.31 Å². The lowest BCUT2D eigenvalue weighted by Crippen LogP contribution is -2.30. The normalized spacial score (nSPS) is 12.1. The second kappa shape index (κ2) is 5.42. The van der Waals surface area contributed by atoms with Crippen molar-refractivity contribution in [3.8, 4) is 0 Å². The van der Waals surface area contributed by atoms with Gasteiger partial charge in [0.1, 0.15) is 10.0 Å². The first kappa shape index (κ1) is 13.9. The third-order valence-corrected chi connectivity index (χ3v) is 4.59. The van der Waals surface area contributed by atoms with Crippen molar-refractivity contribution < 1.29 is 13.5 Å². The zero-order valence-corrected chi connectivity index (χ0v) is 11.5. The minimum atomic E-state index is -3.71. The number of halogens is 2. The highest BCUT2D eigenvalue weighted by molar-refractivity contribution is 9.10. The minimum Gasteiger partial charge on any atom is -0.395 e. The van der Waals surface area contributed by atoms with Crippen LogP contribution in [0, 0.1) is 0 Å². The number of aliphatic hydroxyl groups excluding tert-OH is 1. The van der Waals surface area contributed by atoms with Gasteiger partial charge in [0.2, 0.25) is 10.0 Å². The van der Waals surface area contributed by atoms with Crippen LogP contribution in [0.1, 0.15) is 0 Å². The van der Waals surface area contributed by atoms with Crippen LogP contribution in [0.15, 0.2) is 21.6 Å². The largest absolute Gasteiger partial charge is 0.395 e. The molecule has 0 atom stereocenters. The summed E-state index contributed by atoms with van der Waals surface area (Å²) in [6.07, 6.45) is 1.41. The first-order valence-electron chi connectivity index (χ1n) is 4.28. The molecule has 1 heterocycles. The third-order valence-electron chi connectivity index (χ3n) is 1.88. The Morgan fingerprint density at radius 2 is 2.25 bits per heavy atom. The van der Waals surface area contributed by atoms with Gasteiger partial charge in [-0.3, -0.25) is 0 Å². The molecule has 0 saturated carbocycles. The van der Waals surface area contributed by atoms with Crippen LogP contribution >= 0.6 is 27.5 Å². The highest BCUT2D eigenvalue weighted by atomic mass is 79.9. The lowest BCUT2D eigenvalue weighted by molar-refractivity contribution is 0.266. The van der Waals surface area contributed by atoms with Gasteiger partial charge in [-0.05, 0) is 22.0 Å². The van der Waals surface area contributed by atoms with Gasteiger partial charge in [0.05, 0.1) is 6.61 Å². The summed E-state index contributed by atoms with van der Waals surface area (Å²) in [5, 5.41) is 8.62. The van der Waals surface area contributed by atoms with Gasteiger partial charge in [-0.2, -0.15) is 4.31 Å². The van der Waals surface area contributed by atoms with Crippen molar-refractivity contribution in [2.24, 2.45) is 0 Å². The van der Waals surface area contributed by atoms with E-state index in [0.29, 0.717) is 4.47 Å². The first-order valence-corrected chi connectivity index (χ1v) is 6.89. The maximum absolute atomic E-state index is 12.0. The van der Waals surface area contributed by atoms with Crippen LogP contribution in [0.5, 0.6) is 0 Å². The average Bonchev–Trinajstić information content (AvgIpc) is 2.22. The number of aliphatic hydroxyl groups is 1. The molecule has 0 aliphatic carbocycles. The van der Waals surface area contributed by atoms with Crippen LogP contribution in [0.2, 0.25) is 5.15 Å². The van der Waals surface area contributed by atoms with E-state index in [-0.39, 0.29) is 23.2 Å². The molecule has 0 fully saturated rings. The van der Waals surface area contributed by atoms with Crippen LogP contribution in [-0.4, -0.2) is 43.0 Å². The Hall–Kier alpha value is -0.210. The number of sulfonamides is 1. The van der Waals surface area contributed by atoms with Gasteiger partial charge in [0.15, 0.2) is 0 Å². The van der Waals surface area contributed by atoms with E-state index in [1.807, 2.05) is 0 Å². The smallest absolute Gasteiger partial charge is 0.246 e. The molecule has 5 nitrogen and oxygen atoms in total. The van der Waals surface area contributed by atoms with Gasteiger partial charge in [0.25, 0.3) is 0 Å². The molecule has 0 unspecified atom stereocenters. The Morgan fingerprint density at radius 3 is 2.81 bits per heavy atom. The second-order valence-corrected chi connectivity index (χ2v) is 6.28. The SMILES string of the molecule is CN(CCO)S(=O)(=O)c1cc(Br)cnc1Cl. The maximum Gasteiger partial charge on any atom is 0.246 e. The van der Waals surface area contributed by atoms with Crippen molar-refractivity contribution >= 4 is 37.6 Å². The van der Waals surface area contributed by atoms with Crippen molar-refractivity contribution in [3.05, 3.63) is 21.9 Å². The minimum absolute atomic E-state index is 0.00513. The number of aromatic nitrogens is 1. The zero-order chi connectivity index (χ0) is 12.3. The van der Waals surface area contributed by atoms with Gasteiger partial charge in [-0.15, -0.1) is 0 Å². The Balaban J connectivity index is 3.21. The Labute approximate surface area is 107 Å². The molecule has 1 aromatic heterocycles. The highest BCUT2D eigenvalue weighted by Crippen LogP contribution is 2.24. The molecule has 1 N–H and O–H groups in total. The number of likely N-dealkylation sites (N-methyl/N-ethyl adjacent to an activating group) is 1. The molecule has 0 aromatic carbocycles. The van der Waals surface area contributed by atoms with Gasteiger partial charge in [-0.25, -0.2) is 13.4 Å². The lowest BCUT2D eigenvalue weighted by Gasteiger charge is -2.16. The van der Waals surface area contributed by atoms with E-state index in [2.05, 4.69) is 20.9 Å². The Morgan fingerprint density at radius 1 is 1.62 bits per heavy atom. The summed E-state index contributed by atoms with van der Waals surface area (Å²) >= 11 is 8.85. The molecule has 1 aromatic rings. The maximum atomic E-state index is 12.0. The summed E-state index contributed by atoms with van der Waals surface area (Å²) in [5.41, 5.74) is 0. The van der Waals surface area contributed by atoms with Crippen molar-refractivity contribution in [2.45, 2.75) is 4.90 Å². The summed E-state index contributed by atoms with van der Waals surface area (Å²) in [4.78, 5) is 3.65. The molecule has 0 bridgehead atoms. The average molecular weight is 330 g/mol. The van der Waals surface area contributed by atoms with Crippen LogP contribution in [0.3, 0.4) is 0 Å². The summed E-state index contributed by atoms with van der Waals surface area (Å²) in [6, 6.07) is 1.37. The highest BCUT2D eigenvalue weighted by Gasteiger charge is 2.24. The number of pyridine rings is 1. The lowest BCUT2D eigenvalue weighted by atomic mass is 10.5. The standard InChI is InChI=1S/C8H10BrClN2O3S/c1-12(2-3-13)16(14,15)7-4-6(9)5-11-8(7)10/h4-5,13H,2-3H2,1H3. The van der Waals surface area contributed by atoms with Gasteiger partial charge < -0.3 is 5.11 Å². The van der Waals surface area contributed by atoms with Crippen molar-refractivity contribution in [3.63, 3.8) is 0 Å². The van der Waals surface area contributed by atoms with Crippen LogP contribution < -0.4 is 0 Å². The van der Waals surface area contributed by atoms with Gasteiger partial charge in [-0.1, -0.05) is 11.6 Å². The third kappa shape index (κ3) is 2.92. The molecule has 90 valence electrons. The molecule has 0 spiro atoms. The molecule has 16 heavy (non-hydrogen) atoms. The molecule has 0 radical (unpaired) electrons. The van der Waals surface area contributed by atoms with Gasteiger partial charge in [0, 0.05) is 24.3 Å². The number of nitrogens with zero attached hydrogens (tertiary/aromatic N) is 2. The van der Waals surface area contributed by atoms with Crippen molar-refractivity contribution in [2.75, 3.05) is 20.2 Å². The topological polar surface area (TPSA) is 70.5 Å². The summed E-state index contributed by atoms with van der Waals surface area (Å²) in [6.45, 7) is -0.250. The quantitative estimate of drug-likeness (QED) is 0.840. The first-order chi connectivity index (χ1) is 7.39. The van der Waals surface area contributed by atoms with E-state index < -0.39 is 10.0 Å². The van der Waals surface area contributed by atoms with E-state index >= 15 is 0 Å². The van der Waals surface area contributed by atoms with E-state index in [4.69, 9.17) is 16.7 Å². The predicted octanol–water partition coefficient (Wildman–Crippen LogP) is 1.11. The summed E-state index contributed by atoms with van der Waals surface area (Å²) in [7, 11) is -2.34. The summed E-state index contributed by atoms with van der Waals surface area (Å²) < 4.78 is 25.5. The molecule has 0 saturated heterocycles. The number of rotatable bonds is 4. The Kier molecular flexibility index (Phi) is 4.69. The fraction of sp³-hybridized carbons (Fsp3) is 0.375. The molecule has 1 rings (SSSR count). The fourth-order valence-corrected chi connectivity index (χ4v) is 3.09. The van der Waals surface area contributed by atoms with E-state index in [1.54, 1.807) is 0 Å². The molecular formula is C8H10BrClN2O3S. The zero-order valence-electron chi connectivity index (χ0n) is 8.39. The molecule has 8 heteroatoms. The van der Waals surface area contributed by atoms with Gasteiger partial charge >= 0.3 is 0 Å². The van der Waals surface area contributed by atoms with E-state index in [9.17, 15) is 8.42 Å². The Bertz CT molecular complexity index is 480. The predicted molar refractivity (Wildman–Crippen MR) is 63.8 cm³/mol. The molecule has 0 amide bonds. The van der Waals surface area contributed by atoms with E-state index in [1.165, 1.54) is 19.3 Å². The van der Waals surface area contributed by atoms with Crippen molar-refractivity contribution in [1.82, 2.24) is 9.29 Å². The van der Waals surface area contributed by atoms with Crippen LogP contribution in [0.4, 0.5) is 0 Å². The molecular weight excluding hydrogens is 320 g/mol. The van der Waals surface area contributed by atoms with Crippen molar-refractivity contribution in [1.29, 1.82) is 0 Å². The molecule has 0 aliphatic rings. The van der Waals surface area contributed by atoms with Crippen LogP contribution in [0.25, 0.3) is 0 Å². The van der Waals surface area contributed by atoms with Crippen LogP contribution in [-0.2, 0) is 10.0 Å². The second-order valence-electron chi connectivity index (χ2n) is 2.99. The summed E-state index contributed by atoms with van der Waals surface area (Å²) in [5.74, 6) is 0. The monoisotopic (exact) mass is 328 g/mol.